The highest BCUT2D eigenvalue weighted by Crippen LogP contribution is 2.40. The van der Waals surface area contributed by atoms with E-state index in [1.165, 1.54) is 24.5 Å². The molecule has 0 radical (unpaired) electrons. The predicted octanol–water partition coefficient (Wildman–Crippen LogP) is 8.68. The largest absolute Gasteiger partial charge is 0.496 e. The summed E-state index contributed by atoms with van der Waals surface area (Å²) < 4.78 is 7.17. The van der Waals surface area contributed by atoms with Crippen molar-refractivity contribution >= 4 is 69.4 Å². The SMILES string of the molecule is C/C=C/c1ccc(Cn2c(=O)cc(N(C(C)=O)C(C)=O)c3cc(-c4ccc(Cl)cc4)c(-c4ccc(Cl)cc4Cl)nc32)c(OC)c1. The minimum atomic E-state index is -0.542. The zero-order valence-corrected chi connectivity index (χ0v) is 27.2. The van der Waals surface area contributed by atoms with Crippen LogP contribution in [0.15, 0.2) is 83.7 Å². The zero-order chi connectivity index (χ0) is 32.4. The van der Waals surface area contributed by atoms with Crippen molar-refractivity contribution in [2.24, 2.45) is 0 Å². The van der Waals surface area contributed by atoms with Crippen molar-refractivity contribution in [1.29, 1.82) is 0 Å². The van der Waals surface area contributed by atoms with E-state index in [9.17, 15) is 14.4 Å². The lowest BCUT2D eigenvalue weighted by molar-refractivity contribution is -0.124. The van der Waals surface area contributed by atoms with Gasteiger partial charge in [0.1, 0.15) is 11.4 Å². The molecule has 2 aromatic heterocycles. The van der Waals surface area contributed by atoms with E-state index < -0.39 is 17.4 Å². The van der Waals surface area contributed by atoms with Crippen LogP contribution in [0.5, 0.6) is 5.75 Å². The topological polar surface area (TPSA) is 81.5 Å². The van der Waals surface area contributed by atoms with Crippen molar-refractivity contribution in [1.82, 2.24) is 9.55 Å². The summed E-state index contributed by atoms with van der Waals surface area (Å²) in [6.45, 7) is 4.56. The highest BCUT2D eigenvalue weighted by atomic mass is 35.5. The Kier molecular flexibility index (Phi) is 9.44. The van der Waals surface area contributed by atoms with Crippen LogP contribution >= 0.6 is 34.8 Å². The number of carbonyl (C=O) groups is 2. The van der Waals surface area contributed by atoms with Gasteiger partial charge in [0.15, 0.2) is 0 Å². The van der Waals surface area contributed by atoms with Crippen LogP contribution in [0.4, 0.5) is 5.69 Å². The molecule has 0 aliphatic rings. The third kappa shape index (κ3) is 6.52. The van der Waals surface area contributed by atoms with Gasteiger partial charge in [0, 0.05) is 52.0 Å². The summed E-state index contributed by atoms with van der Waals surface area (Å²) in [4.78, 5) is 45.4. The van der Waals surface area contributed by atoms with Gasteiger partial charge in [-0.15, -0.1) is 0 Å². The number of hydrogen-bond donors (Lipinski definition) is 0. The number of pyridine rings is 2. The molecule has 0 fully saturated rings. The molecule has 2 amide bonds. The monoisotopic (exact) mass is 659 g/mol. The van der Waals surface area contributed by atoms with Gasteiger partial charge in [-0.25, -0.2) is 4.98 Å². The van der Waals surface area contributed by atoms with Gasteiger partial charge in [0.25, 0.3) is 5.56 Å². The van der Waals surface area contributed by atoms with Gasteiger partial charge in [-0.05, 0) is 60.5 Å². The Hall–Kier alpha value is -4.43. The molecule has 2 heterocycles. The van der Waals surface area contributed by atoms with Crippen LogP contribution in [0.2, 0.25) is 15.1 Å². The molecule has 0 saturated heterocycles. The van der Waals surface area contributed by atoms with Crippen LogP contribution in [0.25, 0.3) is 39.5 Å². The summed E-state index contributed by atoms with van der Waals surface area (Å²) in [5.74, 6) is -0.498. The van der Waals surface area contributed by atoms with Crippen molar-refractivity contribution in [2.45, 2.75) is 27.3 Å². The molecule has 3 aromatic carbocycles. The zero-order valence-electron chi connectivity index (χ0n) is 24.9. The number of halogens is 3. The number of benzene rings is 3. The summed E-state index contributed by atoms with van der Waals surface area (Å²) >= 11 is 19.2. The van der Waals surface area contributed by atoms with Crippen molar-refractivity contribution in [2.75, 3.05) is 12.0 Å². The lowest BCUT2D eigenvalue weighted by Gasteiger charge is -2.23. The molecule has 0 bridgehead atoms. The number of aromatic nitrogens is 2. The maximum Gasteiger partial charge on any atom is 0.254 e. The van der Waals surface area contributed by atoms with Gasteiger partial charge in [-0.2, -0.15) is 0 Å². The molecule has 7 nitrogen and oxygen atoms in total. The molecule has 0 aliphatic carbocycles. The lowest BCUT2D eigenvalue weighted by Crippen LogP contribution is -2.35. The highest BCUT2D eigenvalue weighted by Gasteiger charge is 2.25. The minimum Gasteiger partial charge on any atom is -0.496 e. The van der Waals surface area contributed by atoms with Crippen LogP contribution in [0, 0.1) is 0 Å². The fourth-order valence-electron chi connectivity index (χ4n) is 5.27. The molecule has 5 rings (SSSR count). The van der Waals surface area contributed by atoms with E-state index in [2.05, 4.69) is 0 Å². The van der Waals surface area contributed by atoms with E-state index in [4.69, 9.17) is 44.5 Å². The van der Waals surface area contributed by atoms with E-state index in [1.807, 2.05) is 55.5 Å². The third-order valence-corrected chi connectivity index (χ3v) is 8.07. The summed E-state index contributed by atoms with van der Waals surface area (Å²) in [6.07, 6.45) is 3.87. The van der Waals surface area contributed by atoms with Crippen molar-refractivity contribution < 1.29 is 14.3 Å². The number of hydrogen-bond acceptors (Lipinski definition) is 5. The molecule has 10 heteroatoms. The molecule has 0 atom stereocenters. The van der Waals surface area contributed by atoms with E-state index >= 15 is 0 Å². The molecule has 5 aromatic rings. The molecule has 228 valence electrons. The first-order valence-corrected chi connectivity index (χ1v) is 15.1. The van der Waals surface area contributed by atoms with Crippen LogP contribution in [-0.2, 0) is 16.1 Å². The maximum atomic E-state index is 13.9. The number of allylic oxidation sites excluding steroid dienone is 1. The molecule has 0 aliphatic heterocycles. The molecule has 0 spiro atoms. The average molecular weight is 661 g/mol. The Labute approximate surface area is 275 Å². The lowest BCUT2D eigenvalue weighted by atomic mass is 9.97. The van der Waals surface area contributed by atoms with E-state index in [1.54, 1.807) is 37.4 Å². The standard InChI is InChI=1S/C35H28Cl3N3O4/c1-5-6-22-7-8-24(32(15-22)45-4)19-40-33(44)18-31(41(20(2)42)21(3)43)29-17-28(23-9-11-25(36)12-10-23)34(39-35(29)40)27-14-13-26(37)16-30(27)38/h5-18H,19H2,1-4H3/b6-5+. The Morgan fingerprint density at radius 1 is 0.889 bits per heavy atom. The van der Waals surface area contributed by atoms with Crippen LogP contribution < -0.4 is 15.2 Å². The first kappa shape index (κ1) is 32.0. The van der Waals surface area contributed by atoms with Crippen LogP contribution in [0.1, 0.15) is 31.9 Å². The van der Waals surface area contributed by atoms with E-state index in [0.717, 1.165) is 21.6 Å². The summed E-state index contributed by atoms with van der Waals surface area (Å²) in [6, 6.07) is 21.0. The number of carbonyl (C=O) groups excluding carboxylic acids is 2. The van der Waals surface area contributed by atoms with Crippen LogP contribution in [-0.4, -0.2) is 28.5 Å². The second-order valence-electron chi connectivity index (χ2n) is 10.3. The number of ether oxygens (including phenoxy) is 1. The van der Waals surface area contributed by atoms with Crippen molar-refractivity contribution in [3.63, 3.8) is 0 Å². The van der Waals surface area contributed by atoms with E-state index in [-0.39, 0.29) is 17.9 Å². The fraction of sp³-hybridized carbons (Fsp3) is 0.143. The smallest absolute Gasteiger partial charge is 0.254 e. The maximum absolute atomic E-state index is 13.9. The minimum absolute atomic E-state index is 0.0934. The number of rotatable bonds is 7. The predicted molar refractivity (Wildman–Crippen MR) is 183 cm³/mol. The first-order chi connectivity index (χ1) is 21.5. The average Bonchev–Trinajstić information content (AvgIpc) is 2.99. The second-order valence-corrected chi connectivity index (χ2v) is 11.6. The van der Waals surface area contributed by atoms with Gasteiger partial charge in [-0.3, -0.25) is 23.9 Å². The number of amides is 2. The molecule has 0 saturated carbocycles. The Bertz CT molecular complexity index is 2040. The molecule has 0 N–H and O–H groups in total. The van der Waals surface area contributed by atoms with Gasteiger partial charge in [0.05, 0.1) is 30.1 Å². The molecular formula is C35H28Cl3N3O4. The number of methoxy groups -OCH3 is 1. The van der Waals surface area contributed by atoms with Crippen LogP contribution in [0.3, 0.4) is 0 Å². The van der Waals surface area contributed by atoms with E-state index in [0.29, 0.717) is 43.0 Å². The summed E-state index contributed by atoms with van der Waals surface area (Å²) in [5.41, 5.74) is 3.98. The number of anilines is 1. The second kappa shape index (κ2) is 13.3. The number of fused-ring (bicyclic) bond motifs is 1. The molecule has 0 unspecified atom stereocenters. The van der Waals surface area contributed by atoms with Gasteiger partial charge >= 0.3 is 0 Å². The first-order valence-electron chi connectivity index (χ1n) is 13.9. The summed E-state index contributed by atoms with van der Waals surface area (Å²) in [7, 11) is 1.57. The quantitative estimate of drug-likeness (QED) is 0.175. The van der Waals surface area contributed by atoms with Gasteiger partial charge < -0.3 is 4.74 Å². The Morgan fingerprint density at radius 3 is 2.20 bits per heavy atom. The van der Waals surface area contributed by atoms with Gasteiger partial charge in [0.2, 0.25) is 11.8 Å². The molecule has 45 heavy (non-hydrogen) atoms. The molecular weight excluding hydrogens is 633 g/mol. The normalized spacial score (nSPS) is 11.3. The third-order valence-electron chi connectivity index (χ3n) is 7.27. The Morgan fingerprint density at radius 2 is 1.58 bits per heavy atom. The highest BCUT2D eigenvalue weighted by molar-refractivity contribution is 6.36. The number of imide groups is 1. The fourth-order valence-corrected chi connectivity index (χ4v) is 5.89. The Balaban J connectivity index is 1.90. The van der Waals surface area contributed by atoms with Crippen molar-refractivity contribution in [3.8, 4) is 28.1 Å². The van der Waals surface area contributed by atoms with Crippen molar-refractivity contribution in [3.05, 3.63) is 115 Å². The number of nitrogens with zero attached hydrogens (tertiary/aromatic N) is 3. The van der Waals surface area contributed by atoms with Gasteiger partial charge in [-0.1, -0.05) is 71.2 Å². The summed E-state index contributed by atoms with van der Waals surface area (Å²) in [5, 5.41) is 1.75.